The van der Waals surface area contributed by atoms with Crippen molar-refractivity contribution in [1.82, 2.24) is 5.48 Å². The van der Waals surface area contributed by atoms with Crippen LogP contribution in [0.3, 0.4) is 0 Å². The molecule has 0 aliphatic heterocycles. The molecule has 0 radical (unpaired) electrons. The second-order valence-electron chi connectivity index (χ2n) is 5.32. The fourth-order valence-corrected chi connectivity index (χ4v) is 2.62. The van der Waals surface area contributed by atoms with Crippen LogP contribution in [-0.4, -0.2) is 18.2 Å². The van der Waals surface area contributed by atoms with Gasteiger partial charge in [-0.2, -0.15) is 0 Å². The van der Waals surface area contributed by atoms with Gasteiger partial charge in [-0.1, -0.05) is 42.5 Å². The molecule has 4 nitrogen and oxygen atoms in total. The Labute approximate surface area is 140 Å². The maximum Gasteiger partial charge on any atom is 0.267 e. The number of carbonyl (C=O) groups is 1. The lowest BCUT2D eigenvalue weighted by atomic mass is 9.96. The van der Waals surface area contributed by atoms with E-state index in [-0.39, 0.29) is 0 Å². The van der Waals surface area contributed by atoms with E-state index in [1.165, 1.54) is 11.5 Å². The molecule has 0 unspecified atom stereocenters. The standard InChI is InChI=1S/C20H17NO3/c1-24-18-10-8-15(9-11-20(22)21-23)19(13-18)17-7-6-14-4-2-3-5-16(14)12-17/h2-13,23H,1H3,(H,21,22)/b11-9+. The highest BCUT2D eigenvalue weighted by atomic mass is 16.5. The zero-order valence-electron chi connectivity index (χ0n) is 13.2. The maximum atomic E-state index is 11.3. The van der Waals surface area contributed by atoms with Crippen LogP contribution in [-0.2, 0) is 4.79 Å². The molecule has 0 aliphatic carbocycles. The van der Waals surface area contributed by atoms with Gasteiger partial charge in [0.1, 0.15) is 5.75 Å². The molecule has 0 fully saturated rings. The number of carbonyl (C=O) groups excluding carboxylic acids is 1. The minimum Gasteiger partial charge on any atom is -0.497 e. The van der Waals surface area contributed by atoms with E-state index >= 15 is 0 Å². The van der Waals surface area contributed by atoms with E-state index in [1.54, 1.807) is 18.7 Å². The topological polar surface area (TPSA) is 58.6 Å². The summed E-state index contributed by atoms with van der Waals surface area (Å²) in [5.74, 6) is 0.164. The van der Waals surface area contributed by atoms with Gasteiger partial charge in [0, 0.05) is 6.08 Å². The average Bonchev–Trinajstić information content (AvgIpc) is 2.65. The number of amides is 1. The zero-order valence-corrected chi connectivity index (χ0v) is 13.2. The van der Waals surface area contributed by atoms with Gasteiger partial charge in [-0.25, -0.2) is 5.48 Å². The SMILES string of the molecule is COc1ccc(/C=C/C(=O)NO)c(-c2ccc3ccccc3c2)c1. The second kappa shape index (κ2) is 6.98. The number of hydrogen-bond donors (Lipinski definition) is 2. The Kier molecular flexibility index (Phi) is 4.59. The van der Waals surface area contributed by atoms with Gasteiger partial charge in [0.2, 0.25) is 0 Å². The van der Waals surface area contributed by atoms with E-state index < -0.39 is 5.91 Å². The first-order valence-electron chi connectivity index (χ1n) is 7.50. The lowest BCUT2D eigenvalue weighted by Gasteiger charge is -2.10. The first-order valence-corrected chi connectivity index (χ1v) is 7.50. The monoisotopic (exact) mass is 319 g/mol. The Morgan fingerprint density at radius 1 is 1.04 bits per heavy atom. The first-order chi connectivity index (χ1) is 11.7. The fourth-order valence-electron chi connectivity index (χ4n) is 2.62. The number of benzene rings is 3. The highest BCUT2D eigenvalue weighted by molar-refractivity contribution is 5.93. The summed E-state index contributed by atoms with van der Waals surface area (Å²) in [5.41, 5.74) is 4.42. The van der Waals surface area contributed by atoms with E-state index in [1.807, 2.05) is 36.4 Å². The lowest BCUT2D eigenvalue weighted by molar-refractivity contribution is -0.124. The van der Waals surface area contributed by atoms with Gasteiger partial charge in [0.05, 0.1) is 7.11 Å². The third kappa shape index (κ3) is 3.29. The van der Waals surface area contributed by atoms with Crippen molar-refractivity contribution >= 4 is 22.8 Å². The molecule has 0 aliphatic rings. The van der Waals surface area contributed by atoms with Crippen LogP contribution < -0.4 is 10.2 Å². The van der Waals surface area contributed by atoms with Crippen molar-refractivity contribution in [3.05, 3.63) is 72.3 Å². The molecule has 24 heavy (non-hydrogen) atoms. The molecule has 0 bridgehead atoms. The summed E-state index contributed by atoms with van der Waals surface area (Å²) in [6.45, 7) is 0. The van der Waals surface area contributed by atoms with Crippen molar-refractivity contribution < 1.29 is 14.7 Å². The molecule has 0 aromatic heterocycles. The molecule has 3 aromatic rings. The minimum atomic E-state index is -0.574. The minimum absolute atomic E-state index is 0.574. The number of fused-ring (bicyclic) bond motifs is 1. The van der Waals surface area contributed by atoms with Crippen LogP contribution in [0.15, 0.2) is 66.7 Å². The summed E-state index contributed by atoms with van der Waals surface area (Å²) in [4.78, 5) is 11.3. The Balaban J connectivity index is 2.12. The zero-order chi connectivity index (χ0) is 16.9. The third-order valence-electron chi connectivity index (χ3n) is 3.85. The van der Waals surface area contributed by atoms with E-state index in [0.29, 0.717) is 0 Å². The Morgan fingerprint density at radius 3 is 2.58 bits per heavy atom. The lowest BCUT2D eigenvalue weighted by Crippen LogP contribution is -2.14. The summed E-state index contributed by atoms with van der Waals surface area (Å²) >= 11 is 0. The summed E-state index contributed by atoms with van der Waals surface area (Å²) < 4.78 is 5.32. The summed E-state index contributed by atoms with van der Waals surface area (Å²) in [6, 6.07) is 20.0. The van der Waals surface area contributed by atoms with E-state index in [2.05, 4.69) is 24.3 Å². The quantitative estimate of drug-likeness (QED) is 0.433. The molecule has 4 heteroatoms. The van der Waals surface area contributed by atoms with Gasteiger partial charge in [0.15, 0.2) is 0 Å². The van der Waals surface area contributed by atoms with E-state index in [4.69, 9.17) is 9.94 Å². The van der Waals surface area contributed by atoms with Gasteiger partial charge < -0.3 is 4.74 Å². The first kappa shape index (κ1) is 15.8. The molecule has 0 heterocycles. The molecule has 3 rings (SSSR count). The predicted molar refractivity (Wildman–Crippen MR) is 94.9 cm³/mol. The van der Waals surface area contributed by atoms with Crippen LogP contribution in [0.25, 0.3) is 28.0 Å². The Bertz CT molecular complexity index is 916. The van der Waals surface area contributed by atoms with Crippen LogP contribution in [0, 0.1) is 0 Å². The summed E-state index contributed by atoms with van der Waals surface area (Å²) in [7, 11) is 1.62. The van der Waals surface area contributed by atoms with Crippen LogP contribution >= 0.6 is 0 Å². The van der Waals surface area contributed by atoms with Crippen LogP contribution in [0.2, 0.25) is 0 Å². The van der Waals surface area contributed by atoms with Crippen molar-refractivity contribution in [2.24, 2.45) is 0 Å². The Hall–Kier alpha value is -3.11. The third-order valence-corrected chi connectivity index (χ3v) is 3.85. The molecule has 0 saturated carbocycles. The van der Waals surface area contributed by atoms with Crippen molar-refractivity contribution in [2.45, 2.75) is 0 Å². The Morgan fingerprint density at radius 2 is 1.83 bits per heavy atom. The second-order valence-corrected chi connectivity index (χ2v) is 5.32. The number of hydroxylamine groups is 1. The molecule has 3 aromatic carbocycles. The number of rotatable bonds is 4. The van der Waals surface area contributed by atoms with Crippen LogP contribution in [0.1, 0.15) is 5.56 Å². The number of methoxy groups -OCH3 is 1. The largest absolute Gasteiger partial charge is 0.497 e. The summed E-state index contributed by atoms with van der Waals surface area (Å²) in [6.07, 6.45) is 2.95. The molecule has 1 amide bonds. The van der Waals surface area contributed by atoms with Gasteiger partial charge in [-0.05, 0) is 51.7 Å². The van der Waals surface area contributed by atoms with Crippen LogP contribution in [0.4, 0.5) is 0 Å². The van der Waals surface area contributed by atoms with E-state index in [0.717, 1.165) is 27.8 Å². The highest BCUT2D eigenvalue weighted by Crippen LogP contribution is 2.31. The van der Waals surface area contributed by atoms with Crippen molar-refractivity contribution in [3.63, 3.8) is 0 Å². The van der Waals surface area contributed by atoms with Crippen molar-refractivity contribution in [2.75, 3.05) is 7.11 Å². The molecule has 0 atom stereocenters. The molecular formula is C20H17NO3. The maximum absolute atomic E-state index is 11.3. The summed E-state index contributed by atoms with van der Waals surface area (Å²) in [5, 5.41) is 10.9. The highest BCUT2D eigenvalue weighted by Gasteiger charge is 2.07. The average molecular weight is 319 g/mol. The van der Waals surface area contributed by atoms with Gasteiger partial charge in [-0.15, -0.1) is 0 Å². The van der Waals surface area contributed by atoms with Gasteiger partial charge in [-0.3, -0.25) is 10.0 Å². The number of nitrogens with one attached hydrogen (secondary N) is 1. The van der Waals surface area contributed by atoms with Gasteiger partial charge in [0.25, 0.3) is 5.91 Å². The molecule has 120 valence electrons. The number of ether oxygens (including phenoxy) is 1. The van der Waals surface area contributed by atoms with Crippen molar-refractivity contribution in [3.8, 4) is 16.9 Å². The van der Waals surface area contributed by atoms with E-state index in [9.17, 15) is 4.79 Å². The molecular weight excluding hydrogens is 302 g/mol. The van der Waals surface area contributed by atoms with Crippen molar-refractivity contribution in [1.29, 1.82) is 0 Å². The van der Waals surface area contributed by atoms with Crippen LogP contribution in [0.5, 0.6) is 5.75 Å². The fraction of sp³-hybridized carbons (Fsp3) is 0.0500. The molecule has 0 saturated heterocycles. The molecule has 0 spiro atoms. The number of hydrogen-bond acceptors (Lipinski definition) is 3. The van der Waals surface area contributed by atoms with Gasteiger partial charge >= 0.3 is 0 Å². The normalized spacial score (nSPS) is 10.9. The molecule has 2 N–H and O–H groups in total. The smallest absolute Gasteiger partial charge is 0.267 e. The predicted octanol–water partition coefficient (Wildman–Crippen LogP) is 4.03.